The van der Waals surface area contributed by atoms with Gasteiger partial charge in [-0.05, 0) is 18.9 Å². The largest absolute Gasteiger partial charge is 0.462 e. The molecule has 3 nitrogen and oxygen atoms in total. The highest BCUT2D eigenvalue weighted by molar-refractivity contribution is 6.17. The summed E-state index contributed by atoms with van der Waals surface area (Å²) in [6.45, 7) is 6.78. The Bertz CT molecular complexity index is 409. The highest BCUT2D eigenvalue weighted by Crippen LogP contribution is 2.34. The Labute approximate surface area is 107 Å². The molecule has 0 radical (unpaired) electrons. The average Bonchev–Trinajstić information content (AvgIpc) is 2.38. The van der Waals surface area contributed by atoms with E-state index in [1.807, 2.05) is 6.92 Å². The van der Waals surface area contributed by atoms with Crippen molar-refractivity contribution in [1.29, 1.82) is 0 Å². The van der Waals surface area contributed by atoms with Crippen molar-refractivity contribution < 1.29 is 9.47 Å². The zero-order valence-corrected chi connectivity index (χ0v) is 11.3. The van der Waals surface area contributed by atoms with Gasteiger partial charge in [0.05, 0.1) is 12.3 Å². The van der Waals surface area contributed by atoms with Crippen LogP contribution in [0.2, 0.25) is 0 Å². The number of pyridine rings is 1. The number of hydrogen-bond donors (Lipinski definition) is 0. The molecule has 4 heteroatoms. The van der Waals surface area contributed by atoms with Crippen LogP contribution in [0.1, 0.15) is 37.1 Å². The van der Waals surface area contributed by atoms with Gasteiger partial charge in [0, 0.05) is 23.6 Å². The zero-order chi connectivity index (χ0) is 12.4. The van der Waals surface area contributed by atoms with Gasteiger partial charge in [0.25, 0.3) is 0 Å². The van der Waals surface area contributed by atoms with E-state index < -0.39 is 0 Å². The van der Waals surface area contributed by atoms with E-state index in [0.29, 0.717) is 18.4 Å². The van der Waals surface area contributed by atoms with E-state index in [4.69, 9.17) is 21.1 Å². The lowest BCUT2D eigenvalue weighted by molar-refractivity contribution is -0.137. The van der Waals surface area contributed by atoms with Crippen molar-refractivity contribution in [2.45, 2.75) is 46.0 Å². The van der Waals surface area contributed by atoms with E-state index >= 15 is 0 Å². The SMILES string of the molecule is CCC(C)C1OCc2c(CCl)cnc(C)c2O1. The fourth-order valence-electron chi connectivity index (χ4n) is 1.89. The topological polar surface area (TPSA) is 31.4 Å². The second-order valence-electron chi connectivity index (χ2n) is 4.49. The van der Waals surface area contributed by atoms with Gasteiger partial charge in [-0.1, -0.05) is 13.8 Å². The first kappa shape index (κ1) is 12.7. The van der Waals surface area contributed by atoms with Crippen LogP contribution in [0.25, 0.3) is 0 Å². The Morgan fingerprint density at radius 1 is 1.59 bits per heavy atom. The van der Waals surface area contributed by atoms with E-state index in [0.717, 1.165) is 29.0 Å². The summed E-state index contributed by atoms with van der Waals surface area (Å²) in [5.41, 5.74) is 2.95. The van der Waals surface area contributed by atoms with Gasteiger partial charge in [0.15, 0.2) is 0 Å². The quantitative estimate of drug-likeness (QED) is 0.776. The van der Waals surface area contributed by atoms with Crippen molar-refractivity contribution in [2.75, 3.05) is 0 Å². The standard InChI is InChI=1S/C13H18ClNO2/c1-4-8(2)13-16-7-11-10(5-14)6-15-9(3)12(11)17-13/h6,8,13H,4-5,7H2,1-3H3. The highest BCUT2D eigenvalue weighted by atomic mass is 35.5. The van der Waals surface area contributed by atoms with E-state index in [1.165, 1.54) is 0 Å². The minimum atomic E-state index is -0.168. The van der Waals surface area contributed by atoms with Crippen LogP contribution in [0.5, 0.6) is 5.75 Å². The number of ether oxygens (including phenoxy) is 2. The fraction of sp³-hybridized carbons (Fsp3) is 0.615. The maximum absolute atomic E-state index is 5.91. The van der Waals surface area contributed by atoms with E-state index in [-0.39, 0.29) is 6.29 Å². The van der Waals surface area contributed by atoms with Crippen LogP contribution >= 0.6 is 11.6 Å². The van der Waals surface area contributed by atoms with Gasteiger partial charge in [-0.3, -0.25) is 4.98 Å². The molecule has 2 unspecified atom stereocenters. The van der Waals surface area contributed by atoms with Crippen molar-refractivity contribution in [3.8, 4) is 5.75 Å². The van der Waals surface area contributed by atoms with Crippen LogP contribution in [0.4, 0.5) is 0 Å². The lowest BCUT2D eigenvalue weighted by Crippen LogP contribution is -2.32. The summed E-state index contributed by atoms with van der Waals surface area (Å²) in [5, 5.41) is 0. The first-order valence-corrected chi connectivity index (χ1v) is 6.52. The van der Waals surface area contributed by atoms with Gasteiger partial charge < -0.3 is 9.47 Å². The molecule has 94 valence electrons. The predicted octanol–water partition coefficient (Wildman–Crippen LogP) is 3.41. The summed E-state index contributed by atoms with van der Waals surface area (Å²) in [5.74, 6) is 1.68. The smallest absolute Gasteiger partial charge is 0.202 e. The molecule has 1 aliphatic rings. The molecule has 0 fully saturated rings. The second-order valence-corrected chi connectivity index (χ2v) is 4.76. The Balaban J connectivity index is 2.31. The van der Waals surface area contributed by atoms with Crippen molar-refractivity contribution in [1.82, 2.24) is 4.98 Å². The molecule has 0 aromatic carbocycles. The van der Waals surface area contributed by atoms with Crippen molar-refractivity contribution in [3.63, 3.8) is 0 Å². The fourth-order valence-corrected chi connectivity index (χ4v) is 2.12. The molecule has 0 saturated carbocycles. The highest BCUT2D eigenvalue weighted by Gasteiger charge is 2.27. The van der Waals surface area contributed by atoms with Crippen molar-refractivity contribution in [3.05, 3.63) is 23.0 Å². The van der Waals surface area contributed by atoms with Crippen LogP contribution in [-0.4, -0.2) is 11.3 Å². The summed E-state index contributed by atoms with van der Waals surface area (Å²) < 4.78 is 11.7. The lowest BCUT2D eigenvalue weighted by atomic mass is 10.1. The predicted molar refractivity (Wildman–Crippen MR) is 67.2 cm³/mol. The van der Waals surface area contributed by atoms with Gasteiger partial charge in [-0.2, -0.15) is 0 Å². The summed E-state index contributed by atoms with van der Waals surface area (Å²) in [4.78, 5) is 4.32. The van der Waals surface area contributed by atoms with Crippen LogP contribution in [0.3, 0.4) is 0 Å². The van der Waals surface area contributed by atoms with Crippen LogP contribution in [0, 0.1) is 12.8 Å². The average molecular weight is 256 g/mol. The maximum Gasteiger partial charge on any atom is 0.202 e. The number of alkyl halides is 1. The molecule has 0 N–H and O–H groups in total. The Hall–Kier alpha value is -0.800. The summed E-state index contributed by atoms with van der Waals surface area (Å²) in [7, 11) is 0. The van der Waals surface area contributed by atoms with Gasteiger partial charge in [0.2, 0.25) is 6.29 Å². The first-order valence-electron chi connectivity index (χ1n) is 5.99. The monoisotopic (exact) mass is 255 g/mol. The summed E-state index contributed by atoms with van der Waals surface area (Å²) in [6, 6.07) is 0. The molecule has 2 atom stereocenters. The van der Waals surface area contributed by atoms with Crippen LogP contribution in [-0.2, 0) is 17.2 Å². The molecule has 2 rings (SSSR count). The lowest BCUT2D eigenvalue weighted by Gasteiger charge is -2.31. The Morgan fingerprint density at radius 3 is 3.00 bits per heavy atom. The summed E-state index contributed by atoms with van der Waals surface area (Å²) >= 11 is 5.89. The molecule has 1 aromatic rings. The van der Waals surface area contributed by atoms with Gasteiger partial charge in [0.1, 0.15) is 5.75 Å². The normalized spacial score (nSPS) is 20.6. The van der Waals surface area contributed by atoms with Crippen LogP contribution < -0.4 is 4.74 Å². The van der Waals surface area contributed by atoms with Crippen molar-refractivity contribution in [2.24, 2.45) is 5.92 Å². The van der Waals surface area contributed by atoms with E-state index in [2.05, 4.69) is 18.8 Å². The minimum Gasteiger partial charge on any atom is -0.462 e. The van der Waals surface area contributed by atoms with Crippen molar-refractivity contribution >= 4 is 11.6 Å². The molecule has 0 bridgehead atoms. The zero-order valence-electron chi connectivity index (χ0n) is 10.5. The molecule has 0 amide bonds. The van der Waals surface area contributed by atoms with E-state index in [1.54, 1.807) is 6.20 Å². The third-order valence-corrected chi connectivity index (χ3v) is 3.57. The molecule has 2 heterocycles. The van der Waals surface area contributed by atoms with Gasteiger partial charge in [-0.15, -0.1) is 11.6 Å². The first-order chi connectivity index (χ1) is 8.17. The summed E-state index contributed by atoms with van der Waals surface area (Å²) in [6.07, 6.45) is 2.66. The van der Waals surface area contributed by atoms with E-state index in [9.17, 15) is 0 Å². The third kappa shape index (κ3) is 2.40. The number of hydrogen-bond acceptors (Lipinski definition) is 3. The minimum absolute atomic E-state index is 0.168. The molecular weight excluding hydrogens is 238 g/mol. The number of aryl methyl sites for hydroxylation is 1. The molecule has 1 aromatic heterocycles. The van der Waals surface area contributed by atoms with Crippen LogP contribution in [0.15, 0.2) is 6.20 Å². The van der Waals surface area contributed by atoms with Gasteiger partial charge in [-0.25, -0.2) is 0 Å². The number of halogens is 1. The number of aromatic nitrogens is 1. The number of fused-ring (bicyclic) bond motifs is 1. The number of nitrogens with zero attached hydrogens (tertiary/aromatic N) is 1. The molecular formula is C13H18ClNO2. The molecule has 0 aliphatic carbocycles. The Morgan fingerprint density at radius 2 is 2.35 bits per heavy atom. The molecule has 17 heavy (non-hydrogen) atoms. The third-order valence-electron chi connectivity index (χ3n) is 3.28. The maximum atomic E-state index is 5.91. The van der Waals surface area contributed by atoms with Gasteiger partial charge >= 0.3 is 0 Å². The number of rotatable bonds is 3. The molecule has 1 aliphatic heterocycles. The Kier molecular flexibility index (Phi) is 3.89. The molecule has 0 spiro atoms. The second kappa shape index (κ2) is 5.23. The molecule has 0 saturated heterocycles.